The Hall–Kier alpha value is -1.95. The Bertz CT molecular complexity index is 533. The molecule has 2 heterocycles. The second-order valence-corrected chi connectivity index (χ2v) is 4.30. The van der Waals surface area contributed by atoms with Gasteiger partial charge in [0.25, 0.3) is 0 Å². The van der Waals surface area contributed by atoms with Crippen molar-refractivity contribution in [1.82, 2.24) is 19.5 Å². The first kappa shape index (κ1) is 12.5. The quantitative estimate of drug-likeness (QED) is 0.856. The average Bonchev–Trinajstić information content (AvgIpc) is 2.75. The molecule has 0 atom stereocenters. The van der Waals surface area contributed by atoms with E-state index in [0.29, 0.717) is 19.0 Å². The molecule has 0 aliphatic heterocycles. The average molecular weight is 246 g/mol. The molecule has 0 aliphatic rings. The number of hydrogen-bond acceptors (Lipinski definition) is 5. The highest BCUT2D eigenvalue weighted by molar-refractivity contribution is 5.32. The molecule has 18 heavy (non-hydrogen) atoms. The molecule has 6 nitrogen and oxygen atoms in total. The summed E-state index contributed by atoms with van der Waals surface area (Å²) in [6.07, 6.45) is 5.49. The molecule has 0 aromatic carbocycles. The van der Waals surface area contributed by atoms with E-state index in [1.54, 1.807) is 12.4 Å². The van der Waals surface area contributed by atoms with E-state index in [2.05, 4.69) is 15.0 Å². The third-order valence-electron chi connectivity index (χ3n) is 2.93. The van der Waals surface area contributed by atoms with Gasteiger partial charge < -0.3 is 15.2 Å². The van der Waals surface area contributed by atoms with Crippen LogP contribution in [0.1, 0.15) is 17.1 Å². The molecule has 6 heteroatoms. The molecule has 96 valence electrons. The zero-order valence-electron chi connectivity index (χ0n) is 11.0. The highest BCUT2D eigenvalue weighted by Gasteiger charge is 2.09. The fourth-order valence-corrected chi connectivity index (χ4v) is 1.70. The van der Waals surface area contributed by atoms with Gasteiger partial charge in [-0.1, -0.05) is 0 Å². The van der Waals surface area contributed by atoms with Crippen LogP contribution in [0.2, 0.25) is 0 Å². The lowest BCUT2D eigenvalue weighted by atomic mass is 10.2. The van der Waals surface area contributed by atoms with Gasteiger partial charge in [-0.3, -0.25) is 0 Å². The summed E-state index contributed by atoms with van der Waals surface area (Å²) >= 11 is 0. The molecule has 0 unspecified atom stereocenters. The monoisotopic (exact) mass is 246 g/mol. The lowest BCUT2D eigenvalue weighted by Gasteiger charge is -2.17. The Kier molecular flexibility index (Phi) is 3.57. The van der Waals surface area contributed by atoms with E-state index in [1.807, 2.05) is 36.7 Å². The third-order valence-corrected chi connectivity index (χ3v) is 2.93. The number of aromatic nitrogens is 4. The Morgan fingerprint density at radius 1 is 1.39 bits per heavy atom. The number of rotatable bonds is 4. The first-order valence-electron chi connectivity index (χ1n) is 5.81. The fourth-order valence-electron chi connectivity index (χ4n) is 1.70. The zero-order chi connectivity index (χ0) is 13.1. The van der Waals surface area contributed by atoms with Crippen molar-refractivity contribution < 1.29 is 0 Å². The normalized spacial score (nSPS) is 10.7. The maximum atomic E-state index is 5.60. The van der Waals surface area contributed by atoms with Crippen molar-refractivity contribution in [2.75, 3.05) is 11.9 Å². The van der Waals surface area contributed by atoms with Gasteiger partial charge in [0.15, 0.2) is 0 Å². The van der Waals surface area contributed by atoms with Gasteiger partial charge in [0, 0.05) is 50.5 Å². The SMILES string of the molecule is Cc1nc(N(C)Cc2nccn2C)ncc1CN. The zero-order valence-corrected chi connectivity index (χ0v) is 11.0. The lowest BCUT2D eigenvalue weighted by molar-refractivity contribution is 0.743. The molecule has 0 radical (unpaired) electrons. The second kappa shape index (κ2) is 5.14. The van der Waals surface area contributed by atoms with Crippen LogP contribution < -0.4 is 10.6 Å². The van der Waals surface area contributed by atoms with Gasteiger partial charge in [-0.2, -0.15) is 0 Å². The summed E-state index contributed by atoms with van der Waals surface area (Å²) in [6, 6.07) is 0. The van der Waals surface area contributed by atoms with E-state index < -0.39 is 0 Å². The highest BCUT2D eigenvalue weighted by Crippen LogP contribution is 2.11. The summed E-state index contributed by atoms with van der Waals surface area (Å²) in [5.41, 5.74) is 7.50. The number of nitrogens with two attached hydrogens (primary N) is 1. The van der Waals surface area contributed by atoms with Crippen molar-refractivity contribution >= 4 is 5.95 Å². The smallest absolute Gasteiger partial charge is 0.225 e. The van der Waals surface area contributed by atoms with Gasteiger partial charge >= 0.3 is 0 Å². The Morgan fingerprint density at radius 2 is 2.17 bits per heavy atom. The summed E-state index contributed by atoms with van der Waals surface area (Å²) in [6.45, 7) is 3.09. The molecule has 2 aromatic heterocycles. The Labute approximate surface area is 106 Å². The summed E-state index contributed by atoms with van der Waals surface area (Å²) in [5, 5.41) is 0. The van der Waals surface area contributed by atoms with Crippen molar-refractivity contribution in [2.45, 2.75) is 20.0 Å². The van der Waals surface area contributed by atoms with Gasteiger partial charge in [-0.15, -0.1) is 0 Å². The summed E-state index contributed by atoms with van der Waals surface area (Å²) in [5.74, 6) is 1.66. The summed E-state index contributed by atoms with van der Waals surface area (Å²) < 4.78 is 1.98. The maximum absolute atomic E-state index is 5.60. The minimum atomic E-state index is 0.467. The third kappa shape index (κ3) is 2.48. The van der Waals surface area contributed by atoms with Crippen molar-refractivity contribution in [3.8, 4) is 0 Å². The molecule has 2 N–H and O–H groups in total. The van der Waals surface area contributed by atoms with Crippen molar-refractivity contribution in [3.63, 3.8) is 0 Å². The lowest BCUT2D eigenvalue weighted by Crippen LogP contribution is -2.22. The van der Waals surface area contributed by atoms with E-state index in [0.717, 1.165) is 17.1 Å². The van der Waals surface area contributed by atoms with Gasteiger partial charge in [0.2, 0.25) is 5.95 Å². The van der Waals surface area contributed by atoms with Crippen LogP contribution >= 0.6 is 0 Å². The number of hydrogen-bond donors (Lipinski definition) is 1. The molecule has 0 saturated carbocycles. The van der Waals surface area contributed by atoms with Crippen LogP contribution in [0.25, 0.3) is 0 Å². The Balaban J connectivity index is 2.16. The predicted octanol–water partition coefficient (Wildman–Crippen LogP) is 0.614. The van der Waals surface area contributed by atoms with Crippen LogP contribution in [0.3, 0.4) is 0 Å². The van der Waals surface area contributed by atoms with Crippen molar-refractivity contribution in [3.05, 3.63) is 35.7 Å². The molecule has 0 amide bonds. The molecular weight excluding hydrogens is 228 g/mol. The minimum absolute atomic E-state index is 0.467. The van der Waals surface area contributed by atoms with Gasteiger partial charge in [-0.25, -0.2) is 15.0 Å². The topological polar surface area (TPSA) is 72.9 Å². The fraction of sp³-hybridized carbons (Fsp3) is 0.417. The predicted molar refractivity (Wildman–Crippen MR) is 70.0 cm³/mol. The van der Waals surface area contributed by atoms with E-state index in [4.69, 9.17) is 5.73 Å². The largest absolute Gasteiger partial charge is 0.337 e. The Morgan fingerprint density at radius 3 is 2.72 bits per heavy atom. The number of aryl methyl sites for hydroxylation is 2. The molecule has 0 aliphatic carbocycles. The minimum Gasteiger partial charge on any atom is -0.337 e. The van der Waals surface area contributed by atoms with Crippen molar-refractivity contribution in [1.29, 1.82) is 0 Å². The van der Waals surface area contributed by atoms with Gasteiger partial charge in [-0.05, 0) is 6.92 Å². The molecular formula is C12H18N6. The maximum Gasteiger partial charge on any atom is 0.225 e. The number of imidazole rings is 1. The van der Waals surface area contributed by atoms with E-state index in [1.165, 1.54) is 0 Å². The van der Waals surface area contributed by atoms with Gasteiger partial charge in [0.1, 0.15) is 5.82 Å². The van der Waals surface area contributed by atoms with E-state index in [9.17, 15) is 0 Å². The van der Waals surface area contributed by atoms with Crippen LogP contribution in [-0.2, 0) is 20.1 Å². The van der Waals surface area contributed by atoms with Gasteiger partial charge in [0.05, 0.1) is 6.54 Å². The van der Waals surface area contributed by atoms with Crippen molar-refractivity contribution in [2.24, 2.45) is 12.8 Å². The first-order chi connectivity index (χ1) is 8.61. The van der Waals surface area contributed by atoms with Crippen LogP contribution in [0.15, 0.2) is 18.6 Å². The summed E-state index contributed by atoms with van der Waals surface area (Å²) in [4.78, 5) is 15.0. The van der Waals surface area contributed by atoms with Crippen LogP contribution in [0, 0.1) is 6.92 Å². The number of nitrogens with zero attached hydrogens (tertiary/aromatic N) is 5. The highest BCUT2D eigenvalue weighted by atomic mass is 15.2. The van der Waals surface area contributed by atoms with Crippen LogP contribution in [0.5, 0.6) is 0 Å². The first-order valence-corrected chi connectivity index (χ1v) is 5.81. The number of anilines is 1. The van der Waals surface area contributed by atoms with E-state index in [-0.39, 0.29) is 0 Å². The molecule has 2 aromatic rings. The molecule has 0 fully saturated rings. The summed E-state index contributed by atoms with van der Waals surface area (Å²) in [7, 11) is 3.92. The van der Waals surface area contributed by atoms with E-state index >= 15 is 0 Å². The molecule has 0 bridgehead atoms. The van der Waals surface area contributed by atoms with Crippen LogP contribution in [0.4, 0.5) is 5.95 Å². The standard InChI is InChI=1S/C12H18N6/c1-9-10(6-13)7-15-12(16-9)18(3)8-11-14-4-5-17(11)2/h4-5,7H,6,8,13H2,1-3H3. The van der Waals surface area contributed by atoms with Crippen LogP contribution in [-0.4, -0.2) is 26.6 Å². The second-order valence-electron chi connectivity index (χ2n) is 4.30. The molecule has 0 spiro atoms. The molecule has 2 rings (SSSR count). The molecule has 0 saturated heterocycles.